The summed E-state index contributed by atoms with van der Waals surface area (Å²) in [6.07, 6.45) is 1.77. The van der Waals surface area contributed by atoms with Gasteiger partial charge in [0.25, 0.3) is 5.56 Å². The molecule has 0 radical (unpaired) electrons. The molecule has 0 saturated heterocycles. The number of ether oxygens (including phenoxy) is 1. The van der Waals surface area contributed by atoms with Crippen molar-refractivity contribution in [2.24, 2.45) is 0 Å². The number of benzene rings is 2. The van der Waals surface area contributed by atoms with E-state index in [-0.39, 0.29) is 5.56 Å². The van der Waals surface area contributed by atoms with Crippen LogP contribution in [0.5, 0.6) is 5.75 Å². The molecule has 0 bridgehead atoms. The Morgan fingerprint density at radius 1 is 0.833 bits per heavy atom. The van der Waals surface area contributed by atoms with E-state index < -0.39 is 0 Å². The summed E-state index contributed by atoms with van der Waals surface area (Å²) in [5.74, 6) is 0.596. The van der Waals surface area contributed by atoms with Crippen molar-refractivity contribution in [1.82, 2.24) is 4.57 Å². The first-order valence-corrected chi connectivity index (χ1v) is 8.22. The van der Waals surface area contributed by atoms with Crippen molar-refractivity contribution < 1.29 is 4.74 Å². The van der Waals surface area contributed by atoms with E-state index in [0.717, 1.165) is 11.1 Å². The van der Waals surface area contributed by atoms with Gasteiger partial charge in [0.15, 0.2) is 0 Å². The Balaban J connectivity index is 0.00000100. The zero-order valence-corrected chi connectivity index (χ0v) is 14.2. The maximum absolute atomic E-state index is 12.1. The van der Waals surface area contributed by atoms with Gasteiger partial charge in [-0.25, -0.2) is 0 Å². The summed E-state index contributed by atoms with van der Waals surface area (Å²) >= 11 is 0. The Kier molecular flexibility index (Phi) is 6.84. The van der Waals surface area contributed by atoms with Gasteiger partial charge in [0.05, 0.1) is 6.54 Å². The molecule has 24 heavy (non-hydrogen) atoms. The topological polar surface area (TPSA) is 31.2 Å². The summed E-state index contributed by atoms with van der Waals surface area (Å²) in [5, 5.41) is 0. The van der Waals surface area contributed by atoms with Crippen molar-refractivity contribution in [3.63, 3.8) is 0 Å². The van der Waals surface area contributed by atoms with Crippen LogP contribution < -0.4 is 10.3 Å². The van der Waals surface area contributed by atoms with Crippen LogP contribution in [0.1, 0.15) is 25.0 Å². The lowest BCUT2D eigenvalue weighted by Gasteiger charge is -2.09. The van der Waals surface area contributed by atoms with E-state index in [2.05, 4.69) is 0 Å². The molecule has 0 fully saturated rings. The molecular formula is C21H23NO2. The van der Waals surface area contributed by atoms with Crippen molar-refractivity contribution in [3.05, 3.63) is 100 Å². The normalized spacial score (nSPS) is 9.75. The average Bonchev–Trinajstić information content (AvgIpc) is 2.65. The van der Waals surface area contributed by atoms with Gasteiger partial charge in [0.1, 0.15) is 12.4 Å². The van der Waals surface area contributed by atoms with E-state index in [9.17, 15) is 4.79 Å². The first kappa shape index (κ1) is 17.5. The maximum atomic E-state index is 12.1. The third kappa shape index (κ3) is 5.13. The standard InChI is InChI=1S/C19H17NO2.C2H6/c21-19-13-18(22-15-17-9-5-2-6-10-17)11-12-20(19)14-16-7-3-1-4-8-16;1-2/h1-13H,14-15H2;1-2H3. The van der Waals surface area contributed by atoms with Crippen molar-refractivity contribution in [2.75, 3.05) is 0 Å². The molecule has 0 saturated carbocycles. The summed E-state index contributed by atoms with van der Waals surface area (Å²) < 4.78 is 7.34. The quantitative estimate of drug-likeness (QED) is 0.693. The summed E-state index contributed by atoms with van der Waals surface area (Å²) in [6, 6.07) is 23.2. The van der Waals surface area contributed by atoms with Gasteiger partial charge in [-0.1, -0.05) is 74.5 Å². The average molecular weight is 321 g/mol. The molecule has 0 atom stereocenters. The lowest BCUT2D eigenvalue weighted by molar-refractivity contribution is 0.305. The predicted octanol–water partition coefficient (Wildman–Crippen LogP) is 4.50. The highest BCUT2D eigenvalue weighted by atomic mass is 16.5. The fourth-order valence-corrected chi connectivity index (χ4v) is 2.23. The zero-order valence-electron chi connectivity index (χ0n) is 14.2. The van der Waals surface area contributed by atoms with E-state index in [4.69, 9.17) is 4.74 Å². The number of pyridine rings is 1. The van der Waals surface area contributed by atoms with Crippen LogP contribution >= 0.6 is 0 Å². The van der Waals surface area contributed by atoms with Crippen molar-refractivity contribution >= 4 is 0 Å². The molecule has 3 rings (SSSR count). The summed E-state index contributed by atoms with van der Waals surface area (Å²) in [7, 11) is 0. The monoisotopic (exact) mass is 321 g/mol. The van der Waals surface area contributed by atoms with Crippen LogP contribution in [-0.4, -0.2) is 4.57 Å². The molecule has 124 valence electrons. The van der Waals surface area contributed by atoms with E-state index in [1.807, 2.05) is 80.6 Å². The minimum absolute atomic E-state index is 0.0607. The Morgan fingerprint density at radius 2 is 1.42 bits per heavy atom. The second-order valence-electron chi connectivity index (χ2n) is 5.09. The summed E-state index contributed by atoms with van der Waals surface area (Å²) in [6.45, 7) is 5.03. The van der Waals surface area contributed by atoms with Crippen molar-refractivity contribution in [1.29, 1.82) is 0 Å². The van der Waals surface area contributed by atoms with Crippen LogP contribution in [-0.2, 0) is 13.2 Å². The summed E-state index contributed by atoms with van der Waals surface area (Å²) in [5.41, 5.74) is 2.12. The Morgan fingerprint density at radius 3 is 2.00 bits per heavy atom. The van der Waals surface area contributed by atoms with Crippen LogP contribution in [0.25, 0.3) is 0 Å². The molecule has 3 heteroatoms. The van der Waals surface area contributed by atoms with E-state index in [1.165, 1.54) is 6.07 Å². The van der Waals surface area contributed by atoms with Crippen molar-refractivity contribution in [3.8, 4) is 5.75 Å². The SMILES string of the molecule is CC.O=c1cc(OCc2ccccc2)ccn1Cc1ccccc1. The molecule has 2 aromatic carbocycles. The third-order valence-corrected chi connectivity index (χ3v) is 3.41. The van der Waals surface area contributed by atoms with Crippen LogP contribution in [0.15, 0.2) is 83.8 Å². The fourth-order valence-electron chi connectivity index (χ4n) is 2.23. The molecule has 0 aliphatic carbocycles. The minimum atomic E-state index is -0.0607. The van der Waals surface area contributed by atoms with Crippen LogP contribution in [0.4, 0.5) is 0 Å². The second kappa shape index (κ2) is 9.36. The van der Waals surface area contributed by atoms with Gasteiger partial charge >= 0.3 is 0 Å². The molecule has 0 aliphatic rings. The smallest absolute Gasteiger partial charge is 0.254 e. The van der Waals surface area contributed by atoms with Gasteiger partial charge < -0.3 is 9.30 Å². The highest BCUT2D eigenvalue weighted by Crippen LogP contribution is 2.10. The molecule has 0 spiro atoms. The Labute approximate surface area is 143 Å². The highest BCUT2D eigenvalue weighted by Gasteiger charge is 2.01. The molecular weight excluding hydrogens is 298 g/mol. The molecule has 0 aliphatic heterocycles. The van der Waals surface area contributed by atoms with Gasteiger partial charge in [-0.05, 0) is 17.2 Å². The van der Waals surface area contributed by atoms with Gasteiger partial charge in [-0.2, -0.15) is 0 Å². The molecule has 3 nitrogen and oxygen atoms in total. The fraction of sp³-hybridized carbons (Fsp3) is 0.190. The van der Waals surface area contributed by atoms with Crippen LogP contribution in [0.2, 0.25) is 0 Å². The number of hydrogen-bond acceptors (Lipinski definition) is 2. The molecule has 0 N–H and O–H groups in total. The Bertz CT molecular complexity index is 780. The van der Waals surface area contributed by atoms with Crippen LogP contribution in [0.3, 0.4) is 0 Å². The number of aromatic nitrogens is 1. The minimum Gasteiger partial charge on any atom is -0.489 e. The molecule has 3 aromatic rings. The number of hydrogen-bond donors (Lipinski definition) is 0. The maximum Gasteiger partial charge on any atom is 0.254 e. The lowest BCUT2D eigenvalue weighted by atomic mass is 10.2. The van der Waals surface area contributed by atoms with Crippen LogP contribution in [0, 0.1) is 0 Å². The van der Waals surface area contributed by atoms with Gasteiger partial charge in [0.2, 0.25) is 0 Å². The zero-order chi connectivity index (χ0) is 17.2. The lowest BCUT2D eigenvalue weighted by Crippen LogP contribution is -2.19. The summed E-state index contributed by atoms with van der Waals surface area (Å²) in [4.78, 5) is 12.1. The van der Waals surface area contributed by atoms with E-state index >= 15 is 0 Å². The highest BCUT2D eigenvalue weighted by molar-refractivity contribution is 5.21. The largest absolute Gasteiger partial charge is 0.489 e. The van der Waals surface area contributed by atoms with Gasteiger partial charge in [0, 0.05) is 12.3 Å². The van der Waals surface area contributed by atoms with Crippen molar-refractivity contribution in [2.45, 2.75) is 27.0 Å². The number of nitrogens with zero attached hydrogens (tertiary/aromatic N) is 1. The molecule has 0 amide bonds. The third-order valence-electron chi connectivity index (χ3n) is 3.41. The molecule has 1 aromatic heterocycles. The van der Waals surface area contributed by atoms with Gasteiger partial charge in [-0.3, -0.25) is 4.79 Å². The first-order chi connectivity index (χ1) is 11.8. The van der Waals surface area contributed by atoms with E-state index in [1.54, 1.807) is 10.8 Å². The number of rotatable bonds is 5. The Hall–Kier alpha value is -2.81. The molecule has 0 unspecified atom stereocenters. The second-order valence-corrected chi connectivity index (χ2v) is 5.09. The first-order valence-electron chi connectivity index (χ1n) is 8.22. The van der Waals surface area contributed by atoms with E-state index in [0.29, 0.717) is 18.9 Å². The molecule has 1 heterocycles. The predicted molar refractivity (Wildman–Crippen MR) is 98.4 cm³/mol. The van der Waals surface area contributed by atoms with Gasteiger partial charge in [-0.15, -0.1) is 0 Å².